The molecule has 112 valence electrons. The maximum absolute atomic E-state index is 4.66. The van der Waals surface area contributed by atoms with Gasteiger partial charge in [-0.25, -0.2) is 4.98 Å². The summed E-state index contributed by atoms with van der Waals surface area (Å²) in [6.45, 7) is 8.17. The molecule has 4 heteroatoms. The van der Waals surface area contributed by atoms with Gasteiger partial charge in [-0.2, -0.15) is 0 Å². The molecule has 0 radical (unpaired) electrons. The van der Waals surface area contributed by atoms with Gasteiger partial charge in [0.25, 0.3) is 0 Å². The lowest BCUT2D eigenvalue weighted by Gasteiger charge is -2.38. The lowest BCUT2D eigenvalue weighted by molar-refractivity contribution is 0.107. The van der Waals surface area contributed by atoms with Gasteiger partial charge < -0.3 is 9.88 Å². The summed E-state index contributed by atoms with van der Waals surface area (Å²) in [4.78, 5) is 7.38. The van der Waals surface area contributed by atoms with Crippen molar-refractivity contribution in [3.05, 3.63) is 18.2 Å². The average Bonchev–Trinajstić information content (AvgIpc) is 2.97. The Kier molecular flexibility index (Phi) is 4.73. The van der Waals surface area contributed by atoms with Crippen LogP contribution in [-0.2, 0) is 6.54 Å². The molecule has 20 heavy (non-hydrogen) atoms. The van der Waals surface area contributed by atoms with Crippen LogP contribution >= 0.6 is 0 Å². The molecule has 3 rings (SSSR count). The molecule has 2 saturated heterocycles. The molecule has 0 amide bonds. The molecule has 1 N–H and O–H groups in total. The van der Waals surface area contributed by atoms with E-state index < -0.39 is 0 Å². The number of nitrogens with one attached hydrogen (secondary N) is 1. The first kappa shape index (κ1) is 14.1. The average molecular weight is 276 g/mol. The minimum absolute atomic E-state index is 0.550. The van der Waals surface area contributed by atoms with Crippen LogP contribution in [0.15, 0.2) is 12.4 Å². The van der Waals surface area contributed by atoms with Gasteiger partial charge in [0.2, 0.25) is 0 Å². The fourth-order valence-electron chi connectivity index (χ4n) is 3.78. The molecule has 0 saturated carbocycles. The Labute approximate surface area is 122 Å². The van der Waals surface area contributed by atoms with E-state index in [1.54, 1.807) is 0 Å². The van der Waals surface area contributed by atoms with E-state index in [9.17, 15) is 0 Å². The molecule has 1 unspecified atom stereocenters. The summed E-state index contributed by atoms with van der Waals surface area (Å²) >= 11 is 0. The van der Waals surface area contributed by atoms with Crippen LogP contribution in [0.3, 0.4) is 0 Å². The molecule has 0 aromatic carbocycles. The van der Waals surface area contributed by atoms with Crippen LogP contribution in [0.1, 0.15) is 50.9 Å². The Bertz CT molecular complexity index is 408. The predicted molar refractivity (Wildman–Crippen MR) is 81.7 cm³/mol. The maximum atomic E-state index is 4.66. The van der Waals surface area contributed by atoms with E-state index in [1.807, 2.05) is 6.20 Å². The van der Waals surface area contributed by atoms with Gasteiger partial charge in [-0.1, -0.05) is 6.42 Å². The van der Waals surface area contributed by atoms with Crippen molar-refractivity contribution in [2.75, 3.05) is 26.2 Å². The van der Waals surface area contributed by atoms with Crippen LogP contribution < -0.4 is 5.32 Å². The van der Waals surface area contributed by atoms with Crippen LogP contribution in [0, 0.1) is 5.92 Å². The fraction of sp³-hybridized carbons (Fsp3) is 0.812. The van der Waals surface area contributed by atoms with Crippen molar-refractivity contribution in [2.24, 2.45) is 5.92 Å². The number of piperidine rings is 2. The number of aromatic nitrogens is 2. The minimum atomic E-state index is 0.550. The quantitative estimate of drug-likeness (QED) is 0.917. The Morgan fingerprint density at radius 2 is 2.10 bits per heavy atom. The minimum Gasteiger partial charge on any atom is -0.334 e. The van der Waals surface area contributed by atoms with Gasteiger partial charge in [0, 0.05) is 25.5 Å². The molecule has 2 aliphatic heterocycles. The normalized spacial score (nSPS) is 25.9. The highest BCUT2D eigenvalue weighted by Gasteiger charge is 2.29. The predicted octanol–water partition coefficient (Wildman–Crippen LogP) is 2.43. The number of hydrogen-bond acceptors (Lipinski definition) is 3. The molecule has 0 aliphatic carbocycles. The van der Waals surface area contributed by atoms with Crippen molar-refractivity contribution in [3.63, 3.8) is 0 Å². The topological polar surface area (TPSA) is 33.1 Å². The number of likely N-dealkylation sites (tertiary alicyclic amines) is 1. The first-order chi connectivity index (χ1) is 9.88. The highest BCUT2D eigenvalue weighted by molar-refractivity contribution is 5.02. The third-order valence-corrected chi connectivity index (χ3v) is 4.95. The molecule has 2 aliphatic rings. The summed E-state index contributed by atoms with van der Waals surface area (Å²) in [6, 6.07) is 0.550. The number of imidazole rings is 1. The lowest BCUT2D eigenvalue weighted by Crippen LogP contribution is -2.41. The zero-order chi connectivity index (χ0) is 13.8. The monoisotopic (exact) mass is 276 g/mol. The zero-order valence-electron chi connectivity index (χ0n) is 12.7. The maximum Gasteiger partial charge on any atom is 0.126 e. The van der Waals surface area contributed by atoms with E-state index in [0.29, 0.717) is 6.04 Å². The van der Waals surface area contributed by atoms with E-state index in [-0.39, 0.29) is 0 Å². The second-order valence-corrected chi connectivity index (χ2v) is 6.27. The summed E-state index contributed by atoms with van der Waals surface area (Å²) in [5.74, 6) is 2.17. The number of nitrogens with zero attached hydrogens (tertiary/aromatic N) is 3. The molecular formula is C16H28N4. The van der Waals surface area contributed by atoms with E-state index in [2.05, 4.69) is 32.9 Å². The third-order valence-electron chi connectivity index (χ3n) is 4.95. The number of hydrogen-bond donors (Lipinski definition) is 1. The largest absolute Gasteiger partial charge is 0.334 e. The Hall–Kier alpha value is -0.870. The summed E-state index contributed by atoms with van der Waals surface area (Å²) < 4.78 is 2.32. The number of aryl methyl sites for hydroxylation is 1. The molecule has 4 nitrogen and oxygen atoms in total. The van der Waals surface area contributed by atoms with Gasteiger partial charge in [-0.15, -0.1) is 0 Å². The van der Waals surface area contributed by atoms with Gasteiger partial charge >= 0.3 is 0 Å². The van der Waals surface area contributed by atoms with E-state index >= 15 is 0 Å². The second-order valence-electron chi connectivity index (χ2n) is 6.27. The molecule has 1 atom stereocenters. The smallest absolute Gasteiger partial charge is 0.126 e. The van der Waals surface area contributed by atoms with E-state index in [1.165, 1.54) is 64.1 Å². The summed E-state index contributed by atoms with van der Waals surface area (Å²) in [7, 11) is 0. The summed E-state index contributed by atoms with van der Waals surface area (Å²) in [5.41, 5.74) is 0. The lowest BCUT2D eigenvalue weighted by atomic mass is 9.94. The third kappa shape index (κ3) is 3.07. The highest BCUT2D eigenvalue weighted by Crippen LogP contribution is 2.31. The van der Waals surface area contributed by atoms with Crippen LogP contribution in [-0.4, -0.2) is 40.6 Å². The Balaban J connectivity index is 1.70. The van der Waals surface area contributed by atoms with Gasteiger partial charge in [0.1, 0.15) is 5.82 Å². The summed E-state index contributed by atoms with van der Waals surface area (Å²) in [6.07, 6.45) is 10.8. The summed E-state index contributed by atoms with van der Waals surface area (Å²) in [5, 5.41) is 3.47. The van der Waals surface area contributed by atoms with Gasteiger partial charge in [0.05, 0.1) is 6.04 Å². The van der Waals surface area contributed by atoms with Crippen molar-refractivity contribution in [1.82, 2.24) is 19.8 Å². The van der Waals surface area contributed by atoms with Crippen LogP contribution in [0.4, 0.5) is 0 Å². The van der Waals surface area contributed by atoms with Gasteiger partial charge in [0.15, 0.2) is 0 Å². The molecule has 0 spiro atoms. The van der Waals surface area contributed by atoms with Crippen molar-refractivity contribution in [1.29, 1.82) is 0 Å². The van der Waals surface area contributed by atoms with Crippen molar-refractivity contribution < 1.29 is 0 Å². The molecule has 2 fully saturated rings. The van der Waals surface area contributed by atoms with E-state index in [4.69, 9.17) is 0 Å². The Morgan fingerprint density at radius 1 is 1.25 bits per heavy atom. The van der Waals surface area contributed by atoms with Gasteiger partial charge in [-0.05, 0) is 58.2 Å². The van der Waals surface area contributed by atoms with Crippen LogP contribution in [0.5, 0.6) is 0 Å². The molecular weight excluding hydrogens is 248 g/mol. The van der Waals surface area contributed by atoms with Crippen molar-refractivity contribution >= 4 is 0 Å². The fourth-order valence-corrected chi connectivity index (χ4v) is 3.78. The standard InChI is InChI=1S/C16H28N4/c1-2-19-12-10-18-16(19)15-5-3-4-11-20(15)13-14-6-8-17-9-7-14/h10,12,14-15,17H,2-9,11,13H2,1H3. The number of rotatable bonds is 4. The SMILES string of the molecule is CCn1ccnc1C1CCCCN1CC1CCNCC1. The van der Waals surface area contributed by atoms with E-state index in [0.717, 1.165) is 12.5 Å². The van der Waals surface area contributed by atoms with Crippen molar-refractivity contribution in [2.45, 2.75) is 51.6 Å². The molecule has 1 aromatic rings. The molecule has 1 aromatic heterocycles. The van der Waals surface area contributed by atoms with Gasteiger partial charge in [-0.3, -0.25) is 4.90 Å². The van der Waals surface area contributed by atoms with Crippen LogP contribution in [0.2, 0.25) is 0 Å². The first-order valence-corrected chi connectivity index (χ1v) is 8.34. The Morgan fingerprint density at radius 3 is 2.90 bits per heavy atom. The first-order valence-electron chi connectivity index (χ1n) is 8.34. The zero-order valence-corrected chi connectivity index (χ0v) is 12.7. The van der Waals surface area contributed by atoms with Crippen molar-refractivity contribution in [3.8, 4) is 0 Å². The molecule has 0 bridgehead atoms. The molecule has 3 heterocycles. The van der Waals surface area contributed by atoms with Crippen LogP contribution in [0.25, 0.3) is 0 Å². The second kappa shape index (κ2) is 6.72. The highest BCUT2D eigenvalue weighted by atomic mass is 15.2.